The Hall–Kier alpha value is -2.82. The molecule has 2 aromatic carbocycles. The minimum absolute atomic E-state index is 0.268. The number of hydrogen-bond donors (Lipinski definition) is 2. The van der Waals surface area contributed by atoms with Crippen LogP contribution in [0, 0.1) is 0 Å². The van der Waals surface area contributed by atoms with Crippen molar-refractivity contribution < 1.29 is 4.42 Å². The molecule has 3 aromatic rings. The van der Waals surface area contributed by atoms with Crippen LogP contribution in [0.2, 0.25) is 0 Å². The molecule has 0 fully saturated rings. The van der Waals surface area contributed by atoms with Gasteiger partial charge in [-0.25, -0.2) is 9.89 Å². The Balaban J connectivity index is 2.00. The molecule has 3 rings (SSSR count). The number of anilines is 2. The lowest BCUT2D eigenvalue weighted by Crippen LogP contribution is -1.94. The average molecular weight is 253 g/mol. The molecule has 0 spiro atoms. The highest BCUT2D eigenvalue weighted by atomic mass is 16.4. The van der Waals surface area contributed by atoms with Gasteiger partial charge in [0, 0.05) is 5.69 Å². The number of nitrogens with one attached hydrogen (secondary N) is 2. The fraction of sp³-hybridized carbons (Fsp3) is 0. The molecule has 0 bridgehead atoms. The van der Waals surface area contributed by atoms with E-state index in [1.165, 1.54) is 0 Å². The molecular formula is C14H11N3O2. The second kappa shape index (κ2) is 4.81. The molecule has 0 saturated heterocycles. The summed E-state index contributed by atoms with van der Waals surface area (Å²) in [6.45, 7) is 0. The molecule has 0 saturated carbocycles. The van der Waals surface area contributed by atoms with Gasteiger partial charge in [-0.05, 0) is 24.3 Å². The molecule has 0 unspecified atom stereocenters. The van der Waals surface area contributed by atoms with Crippen LogP contribution in [-0.2, 0) is 0 Å². The highest BCUT2D eigenvalue weighted by Gasteiger charge is 2.10. The summed E-state index contributed by atoms with van der Waals surface area (Å²) in [7, 11) is 0. The van der Waals surface area contributed by atoms with Crippen molar-refractivity contribution in [2.75, 3.05) is 5.32 Å². The van der Waals surface area contributed by atoms with Crippen LogP contribution in [-0.4, -0.2) is 10.2 Å². The number of aromatic nitrogens is 2. The molecule has 1 heterocycles. The third kappa shape index (κ3) is 2.40. The fourth-order valence-corrected chi connectivity index (χ4v) is 1.80. The Bertz CT molecular complexity index is 731. The predicted molar refractivity (Wildman–Crippen MR) is 72.3 cm³/mol. The number of hydrogen-bond acceptors (Lipinski definition) is 4. The Labute approximate surface area is 108 Å². The molecule has 1 aromatic heterocycles. The van der Waals surface area contributed by atoms with Gasteiger partial charge in [-0.1, -0.05) is 30.3 Å². The van der Waals surface area contributed by atoms with Crippen molar-refractivity contribution in [2.24, 2.45) is 0 Å². The minimum Gasteiger partial charge on any atom is -0.388 e. The zero-order valence-electron chi connectivity index (χ0n) is 9.96. The summed E-state index contributed by atoms with van der Waals surface area (Å²) in [5.74, 6) is -0.298. The molecule has 5 heteroatoms. The van der Waals surface area contributed by atoms with Gasteiger partial charge in [0.15, 0.2) is 0 Å². The summed E-state index contributed by atoms with van der Waals surface area (Å²) in [5.41, 5.74) is 2.50. The van der Waals surface area contributed by atoms with Crippen molar-refractivity contribution in [3.8, 4) is 11.5 Å². The summed E-state index contributed by atoms with van der Waals surface area (Å²) in [6, 6.07) is 17.2. The summed E-state index contributed by atoms with van der Waals surface area (Å²) in [4.78, 5) is 11.0. The van der Waals surface area contributed by atoms with Gasteiger partial charge in [-0.15, -0.1) is 5.10 Å². The van der Waals surface area contributed by atoms with E-state index in [4.69, 9.17) is 4.42 Å². The van der Waals surface area contributed by atoms with Gasteiger partial charge in [0.05, 0.1) is 11.3 Å². The number of rotatable bonds is 3. The molecule has 19 heavy (non-hydrogen) atoms. The van der Waals surface area contributed by atoms with Crippen LogP contribution in [0.4, 0.5) is 11.4 Å². The van der Waals surface area contributed by atoms with E-state index in [-0.39, 0.29) is 5.89 Å². The summed E-state index contributed by atoms with van der Waals surface area (Å²) >= 11 is 0. The van der Waals surface area contributed by atoms with Crippen LogP contribution in [0.25, 0.3) is 11.5 Å². The molecule has 2 N–H and O–H groups in total. The van der Waals surface area contributed by atoms with E-state index in [0.29, 0.717) is 0 Å². The smallest absolute Gasteiger partial charge is 0.388 e. The van der Waals surface area contributed by atoms with Gasteiger partial charge >= 0.3 is 5.76 Å². The Kier molecular flexibility index (Phi) is 2.86. The Morgan fingerprint density at radius 2 is 1.74 bits per heavy atom. The lowest BCUT2D eigenvalue weighted by atomic mass is 10.1. The second-order valence-corrected chi connectivity index (χ2v) is 3.95. The molecule has 0 aliphatic carbocycles. The van der Waals surface area contributed by atoms with Crippen molar-refractivity contribution in [3.63, 3.8) is 0 Å². The summed E-state index contributed by atoms with van der Waals surface area (Å²) in [6.07, 6.45) is 0. The first-order valence-electron chi connectivity index (χ1n) is 5.80. The van der Waals surface area contributed by atoms with Crippen molar-refractivity contribution in [3.05, 3.63) is 65.1 Å². The Morgan fingerprint density at radius 3 is 2.47 bits per heavy atom. The van der Waals surface area contributed by atoms with Crippen LogP contribution in [0.5, 0.6) is 0 Å². The monoisotopic (exact) mass is 253 g/mol. The standard InChI is InChI=1S/C14H11N3O2/c18-14-17-16-13(19-14)11-8-4-5-9-12(11)15-10-6-2-1-3-7-10/h1-9,15H,(H,17,18). The van der Waals surface area contributed by atoms with Crippen molar-refractivity contribution >= 4 is 11.4 Å². The lowest BCUT2D eigenvalue weighted by molar-refractivity contribution is 0.527. The van der Waals surface area contributed by atoms with E-state index in [9.17, 15) is 4.79 Å². The fourth-order valence-electron chi connectivity index (χ4n) is 1.80. The maximum atomic E-state index is 11.0. The molecule has 0 aliphatic heterocycles. The van der Waals surface area contributed by atoms with Crippen LogP contribution in [0.1, 0.15) is 0 Å². The lowest BCUT2D eigenvalue weighted by Gasteiger charge is -2.09. The van der Waals surface area contributed by atoms with E-state index < -0.39 is 5.76 Å². The maximum Gasteiger partial charge on any atom is 0.434 e. The third-order valence-corrected chi connectivity index (χ3v) is 2.65. The number of aromatic amines is 1. The molecule has 0 amide bonds. The largest absolute Gasteiger partial charge is 0.434 e. The Morgan fingerprint density at radius 1 is 1.00 bits per heavy atom. The number of nitrogens with zero attached hydrogens (tertiary/aromatic N) is 1. The second-order valence-electron chi connectivity index (χ2n) is 3.95. The van der Waals surface area contributed by atoms with E-state index in [1.54, 1.807) is 0 Å². The zero-order valence-corrected chi connectivity index (χ0v) is 9.96. The predicted octanol–water partition coefficient (Wildman–Crippen LogP) is 2.77. The topological polar surface area (TPSA) is 70.9 Å². The highest BCUT2D eigenvalue weighted by Crippen LogP contribution is 2.27. The SMILES string of the molecule is O=c1[nH]nc(-c2ccccc2Nc2ccccc2)o1. The molecule has 0 aliphatic rings. The van der Waals surface area contributed by atoms with Crippen LogP contribution in [0.3, 0.4) is 0 Å². The van der Waals surface area contributed by atoms with E-state index in [2.05, 4.69) is 15.5 Å². The van der Waals surface area contributed by atoms with E-state index >= 15 is 0 Å². The third-order valence-electron chi connectivity index (χ3n) is 2.65. The molecular weight excluding hydrogens is 242 g/mol. The van der Waals surface area contributed by atoms with Gasteiger partial charge in [-0.3, -0.25) is 0 Å². The van der Waals surface area contributed by atoms with Gasteiger partial charge in [-0.2, -0.15) is 0 Å². The first kappa shape index (κ1) is 11.3. The van der Waals surface area contributed by atoms with E-state index in [1.807, 2.05) is 54.6 Å². The summed E-state index contributed by atoms with van der Waals surface area (Å²) in [5, 5.41) is 9.37. The van der Waals surface area contributed by atoms with Gasteiger partial charge in [0.1, 0.15) is 0 Å². The zero-order chi connectivity index (χ0) is 13.1. The molecule has 5 nitrogen and oxygen atoms in total. The first-order valence-corrected chi connectivity index (χ1v) is 5.80. The quantitative estimate of drug-likeness (QED) is 0.753. The molecule has 94 valence electrons. The minimum atomic E-state index is -0.565. The van der Waals surface area contributed by atoms with Gasteiger partial charge in [0.2, 0.25) is 0 Å². The maximum absolute atomic E-state index is 11.0. The van der Waals surface area contributed by atoms with Crippen LogP contribution < -0.4 is 11.1 Å². The van der Waals surface area contributed by atoms with E-state index in [0.717, 1.165) is 16.9 Å². The first-order chi connectivity index (χ1) is 9.33. The van der Waals surface area contributed by atoms with Crippen LogP contribution >= 0.6 is 0 Å². The van der Waals surface area contributed by atoms with Gasteiger partial charge < -0.3 is 9.73 Å². The van der Waals surface area contributed by atoms with Crippen molar-refractivity contribution in [2.45, 2.75) is 0 Å². The molecule has 0 radical (unpaired) electrons. The highest BCUT2D eigenvalue weighted by molar-refractivity contribution is 5.76. The van der Waals surface area contributed by atoms with Gasteiger partial charge in [0.25, 0.3) is 5.89 Å². The van der Waals surface area contributed by atoms with Crippen molar-refractivity contribution in [1.29, 1.82) is 0 Å². The number of benzene rings is 2. The number of H-pyrrole nitrogens is 1. The van der Waals surface area contributed by atoms with Crippen LogP contribution in [0.15, 0.2) is 63.8 Å². The summed E-state index contributed by atoms with van der Waals surface area (Å²) < 4.78 is 4.99. The number of para-hydroxylation sites is 2. The normalized spacial score (nSPS) is 10.3. The van der Waals surface area contributed by atoms with Crippen molar-refractivity contribution in [1.82, 2.24) is 10.2 Å². The average Bonchev–Trinajstić information content (AvgIpc) is 2.87. The molecule has 0 atom stereocenters.